The standard InChI is InChI=1S/C11H11BrFN3O2S/c1-2-9-14-6-10(15-9)19(17,18)16-11-7(12)4-3-5-8(11)13/h3-6,16H,2H2,1H3,(H,14,15). The summed E-state index contributed by atoms with van der Waals surface area (Å²) in [6, 6.07) is 4.20. The minimum atomic E-state index is -3.89. The monoisotopic (exact) mass is 347 g/mol. The van der Waals surface area contributed by atoms with Crippen molar-refractivity contribution >= 4 is 31.6 Å². The maximum absolute atomic E-state index is 13.6. The molecule has 0 unspecified atom stereocenters. The molecule has 0 atom stereocenters. The van der Waals surface area contributed by atoms with Crippen LogP contribution in [0.1, 0.15) is 12.7 Å². The van der Waals surface area contributed by atoms with E-state index in [9.17, 15) is 12.8 Å². The number of anilines is 1. The predicted octanol–water partition coefficient (Wildman–Crippen LogP) is 2.67. The summed E-state index contributed by atoms with van der Waals surface area (Å²) in [6.07, 6.45) is 1.79. The lowest BCUT2D eigenvalue weighted by Gasteiger charge is -2.08. The van der Waals surface area contributed by atoms with Crippen molar-refractivity contribution in [1.82, 2.24) is 9.97 Å². The molecule has 0 amide bonds. The molecule has 5 nitrogen and oxygen atoms in total. The lowest BCUT2D eigenvalue weighted by Crippen LogP contribution is -2.15. The topological polar surface area (TPSA) is 74.8 Å². The summed E-state index contributed by atoms with van der Waals surface area (Å²) in [4.78, 5) is 6.57. The molecule has 1 aromatic carbocycles. The Morgan fingerprint density at radius 1 is 1.47 bits per heavy atom. The van der Waals surface area contributed by atoms with Gasteiger partial charge in [0.1, 0.15) is 11.6 Å². The van der Waals surface area contributed by atoms with Gasteiger partial charge in [0.05, 0.1) is 11.9 Å². The summed E-state index contributed by atoms with van der Waals surface area (Å²) in [6.45, 7) is 1.84. The first-order valence-corrected chi connectivity index (χ1v) is 7.72. The lowest BCUT2D eigenvalue weighted by molar-refractivity contribution is 0.595. The second-order valence-corrected chi connectivity index (χ2v) is 6.26. The molecule has 0 bridgehead atoms. The van der Waals surface area contributed by atoms with E-state index in [1.54, 1.807) is 6.07 Å². The molecule has 8 heteroatoms. The van der Waals surface area contributed by atoms with Crippen LogP contribution < -0.4 is 4.72 Å². The average Bonchev–Trinajstić information content (AvgIpc) is 2.83. The fourth-order valence-corrected chi connectivity index (χ4v) is 3.05. The summed E-state index contributed by atoms with van der Waals surface area (Å²) >= 11 is 3.10. The van der Waals surface area contributed by atoms with E-state index in [0.717, 1.165) is 0 Å². The van der Waals surface area contributed by atoms with Crippen LogP contribution in [-0.4, -0.2) is 18.4 Å². The van der Waals surface area contributed by atoms with Crippen molar-refractivity contribution < 1.29 is 12.8 Å². The third kappa shape index (κ3) is 2.95. The number of halogens is 2. The number of benzene rings is 1. The molecule has 19 heavy (non-hydrogen) atoms. The second-order valence-electron chi connectivity index (χ2n) is 3.75. The number of sulfonamides is 1. The molecule has 0 spiro atoms. The zero-order valence-corrected chi connectivity index (χ0v) is 12.3. The highest BCUT2D eigenvalue weighted by molar-refractivity contribution is 9.10. The van der Waals surface area contributed by atoms with Crippen LogP contribution in [0.3, 0.4) is 0 Å². The highest BCUT2D eigenvalue weighted by Gasteiger charge is 2.20. The number of imidazole rings is 1. The fourth-order valence-electron chi connectivity index (χ4n) is 1.44. The van der Waals surface area contributed by atoms with Gasteiger partial charge < -0.3 is 4.98 Å². The molecule has 0 aliphatic rings. The van der Waals surface area contributed by atoms with E-state index in [1.165, 1.54) is 18.3 Å². The lowest BCUT2D eigenvalue weighted by atomic mass is 10.3. The van der Waals surface area contributed by atoms with Gasteiger partial charge in [0, 0.05) is 10.9 Å². The fraction of sp³-hybridized carbons (Fsp3) is 0.182. The van der Waals surface area contributed by atoms with Gasteiger partial charge in [-0.05, 0) is 28.1 Å². The molecule has 1 aromatic heterocycles. The first-order chi connectivity index (χ1) is 8.94. The highest BCUT2D eigenvalue weighted by atomic mass is 79.9. The van der Waals surface area contributed by atoms with Crippen molar-refractivity contribution in [1.29, 1.82) is 0 Å². The van der Waals surface area contributed by atoms with E-state index < -0.39 is 15.8 Å². The molecular formula is C11H11BrFN3O2S. The van der Waals surface area contributed by atoms with Crippen LogP contribution >= 0.6 is 15.9 Å². The molecule has 0 radical (unpaired) electrons. The van der Waals surface area contributed by atoms with Crippen molar-refractivity contribution in [3.8, 4) is 0 Å². The molecule has 2 aromatic rings. The number of nitrogens with one attached hydrogen (secondary N) is 2. The van der Waals surface area contributed by atoms with E-state index in [4.69, 9.17) is 0 Å². The van der Waals surface area contributed by atoms with Crippen LogP contribution in [0.5, 0.6) is 0 Å². The van der Waals surface area contributed by atoms with Crippen molar-refractivity contribution in [2.45, 2.75) is 18.4 Å². The molecule has 0 fully saturated rings. The Labute approximate surface area is 118 Å². The van der Waals surface area contributed by atoms with Gasteiger partial charge in [0.2, 0.25) is 0 Å². The van der Waals surface area contributed by atoms with Gasteiger partial charge in [0.15, 0.2) is 5.03 Å². The van der Waals surface area contributed by atoms with Gasteiger partial charge in [-0.1, -0.05) is 13.0 Å². The first-order valence-electron chi connectivity index (χ1n) is 5.44. The zero-order chi connectivity index (χ0) is 14.0. The number of aromatic nitrogens is 2. The van der Waals surface area contributed by atoms with Gasteiger partial charge in [-0.25, -0.2) is 9.37 Å². The first kappa shape index (κ1) is 14.0. The number of hydrogen-bond acceptors (Lipinski definition) is 3. The van der Waals surface area contributed by atoms with Crippen molar-refractivity contribution in [3.05, 3.63) is 40.5 Å². The Morgan fingerprint density at radius 3 is 2.79 bits per heavy atom. The number of hydrogen-bond donors (Lipinski definition) is 2. The van der Waals surface area contributed by atoms with Crippen molar-refractivity contribution in [2.75, 3.05) is 4.72 Å². The third-order valence-corrected chi connectivity index (χ3v) is 4.35. The maximum Gasteiger partial charge on any atom is 0.279 e. The Bertz CT molecular complexity index is 679. The van der Waals surface area contributed by atoms with Crippen molar-refractivity contribution in [2.24, 2.45) is 0 Å². The van der Waals surface area contributed by atoms with Crippen LogP contribution in [0.15, 0.2) is 33.9 Å². The second kappa shape index (κ2) is 5.30. The minimum Gasteiger partial charge on any atom is -0.332 e. The van der Waals surface area contributed by atoms with E-state index in [1.807, 2.05) is 6.92 Å². The predicted molar refractivity (Wildman–Crippen MR) is 72.9 cm³/mol. The molecule has 0 saturated heterocycles. The van der Waals surface area contributed by atoms with E-state index in [-0.39, 0.29) is 10.7 Å². The van der Waals surface area contributed by atoms with Gasteiger partial charge in [-0.15, -0.1) is 0 Å². The van der Waals surface area contributed by atoms with Crippen LogP contribution in [0.25, 0.3) is 0 Å². The average molecular weight is 348 g/mol. The van der Waals surface area contributed by atoms with Crippen LogP contribution in [-0.2, 0) is 16.4 Å². The summed E-state index contributed by atoms with van der Waals surface area (Å²) in [7, 11) is -3.89. The van der Waals surface area contributed by atoms with Crippen LogP contribution in [0.4, 0.5) is 10.1 Å². The van der Waals surface area contributed by atoms with E-state index >= 15 is 0 Å². The quantitative estimate of drug-likeness (QED) is 0.892. The third-order valence-electron chi connectivity index (χ3n) is 2.43. The molecular weight excluding hydrogens is 337 g/mol. The molecule has 102 valence electrons. The van der Waals surface area contributed by atoms with Crippen LogP contribution in [0, 0.1) is 5.82 Å². The maximum atomic E-state index is 13.6. The molecule has 0 saturated carbocycles. The molecule has 0 aliphatic heterocycles. The van der Waals surface area contributed by atoms with E-state index in [2.05, 4.69) is 30.6 Å². The summed E-state index contributed by atoms with van der Waals surface area (Å²) in [5.74, 6) is -0.110. The van der Waals surface area contributed by atoms with Crippen LogP contribution in [0.2, 0.25) is 0 Å². The summed E-state index contributed by atoms with van der Waals surface area (Å²) in [5, 5.41) is -0.0977. The van der Waals surface area contributed by atoms with Gasteiger partial charge >= 0.3 is 0 Å². The summed E-state index contributed by atoms with van der Waals surface area (Å²) < 4.78 is 40.2. The number of nitrogens with zero attached hydrogens (tertiary/aromatic N) is 1. The minimum absolute atomic E-state index is 0.0977. The van der Waals surface area contributed by atoms with Gasteiger partial charge in [-0.2, -0.15) is 8.42 Å². The number of rotatable bonds is 4. The number of para-hydroxylation sites is 1. The Kier molecular flexibility index (Phi) is 3.91. The SMILES string of the molecule is CCc1ncc(S(=O)(=O)Nc2c(F)cccc2Br)[nH]1. The smallest absolute Gasteiger partial charge is 0.279 e. The molecule has 0 aliphatic carbocycles. The molecule has 2 rings (SSSR count). The Hall–Kier alpha value is -1.41. The zero-order valence-electron chi connectivity index (χ0n) is 9.94. The molecule has 1 heterocycles. The number of aryl methyl sites for hydroxylation is 1. The van der Waals surface area contributed by atoms with Gasteiger partial charge in [-0.3, -0.25) is 4.72 Å². The summed E-state index contributed by atoms with van der Waals surface area (Å²) in [5.41, 5.74) is -0.129. The van der Waals surface area contributed by atoms with Crippen molar-refractivity contribution in [3.63, 3.8) is 0 Å². The Balaban J connectivity index is 2.36. The molecule has 2 N–H and O–H groups in total. The van der Waals surface area contributed by atoms with E-state index in [0.29, 0.717) is 16.7 Å². The largest absolute Gasteiger partial charge is 0.332 e. The highest BCUT2D eigenvalue weighted by Crippen LogP contribution is 2.27. The van der Waals surface area contributed by atoms with Gasteiger partial charge in [0.25, 0.3) is 10.0 Å². The number of aromatic amines is 1. The normalized spacial score (nSPS) is 11.5. The number of H-pyrrole nitrogens is 1. The Morgan fingerprint density at radius 2 is 2.21 bits per heavy atom.